The fourth-order valence-electron chi connectivity index (χ4n) is 2.57. The van der Waals surface area contributed by atoms with Gasteiger partial charge in [-0.05, 0) is 18.1 Å². The molecular weight excluding hydrogens is 266 g/mol. The number of hydrogen-bond acceptors (Lipinski definition) is 3. The minimum absolute atomic E-state index is 0.0227. The Hall–Kier alpha value is -1.91. The Balaban J connectivity index is 1.75. The van der Waals surface area contributed by atoms with Crippen molar-refractivity contribution in [2.75, 3.05) is 19.6 Å². The lowest BCUT2D eigenvalue weighted by atomic mass is 10.1. The number of likely N-dealkylation sites (tertiary alicyclic amines) is 1. The van der Waals surface area contributed by atoms with Gasteiger partial charge in [-0.2, -0.15) is 0 Å². The first-order valence-electron chi connectivity index (χ1n) is 7.51. The van der Waals surface area contributed by atoms with Gasteiger partial charge in [0, 0.05) is 44.4 Å². The van der Waals surface area contributed by atoms with Gasteiger partial charge in [0.15, 0.2) is 0 Å². The highest BCUT2D eigenvalue weighted by Crippen LogP contribution is 2.19. The lowest BCUT2D eigenvalue weighted by Crippen LogP contribution is -2.35. The predicted octanol–water partition coefficient (Wildman–Crippen LogP) is 1.24. The van der Waals surface area contributed by atoms with E-state index >= 15 is 0 Å². The molecule has 1 N–H and O–H groups in total. The Morgan fingerprint density at radius 2 is 2.29 bits per heavy atom. The van der Waals surface area contributed by atoms with Gasteiger partial charge in [0.25, 0.3) is 0 Å². The Kier molecular flexibility index (Phi) is 5.31. The van der Waals surface area contributed by atoms with Crippen LogP contribution in [-0.4, -0.2) is 41.3 Å². The summed E-state index contributed by atoms with van der Waals surface area (Å²) in [6, 6.07) is 5.74. The molecule has 1 aliphatic rings. The van der Waals surface area contributed by atoms with E-state index in [4.69, 9.17) is 0 Å². The van der Waals surface area contributed by atoms with Crippen LogP contribution in [0.2, 0.25) is 0 Å². The van der Waals surface area contributed by atoms with Crippen molar-refractivity contribution < 1.29 is 9.59 Å². The average Bonchev–Trinajstić information content (AvgIpc) is 2.80. The highest BCUT2D eigenvalue weighted by Gasteiger charge is 2.34. The van der Waals surface area contributed by atoms with E-state index in [0.717, 1.165) is 12.2 Å². The van der Waals surface area contributed by atoms with Crippen LogP contribution in [0.25, 0.3) is 0 Å². The third-order valence-electron chi connectivity index (χ3n) is 3.58. The number of hydrogen-bond donors (Lipinski definition) is 1. The molecule has 0 aromatic carbocycles. The number of aromatic nitrogens is 1. The first kappa shape index (κ1) is 15.5. The van der Waals surface area contributed by atoms with E-state index in [1.165, 1.54) is 0 Å². The molecule has 1 aromatic heterocycles. The largest absolute Gasteiger partial charge is 0.355 e. The maximum Gasteiger partial charge on any atom is 0.225 e. The monoisotopic (exact) mass is 289 g/mol. The Bertz CT molecular complexity index is 488. The molecule has 0 saturated carbocycles. The molecule has 2 heterocycles. The van der Waals surface area contributed by atoms with Crippen molar-refractivity contribution in [3.63, 3.8) is 0 Å². The molecule has 0 unspecified atom stereocenters. The molecule has 0 spiro atoms. The van der Waals surface area contributed by atoms with Crippen molar-refractivity contribution in [1.29, 1.82) is 0 Å². The summed E-state index contributed by atoms with van der Waals surface area (Å²) >= 11 is 0. The molecule has 114 valence electrons. The van der Waals surface area contributed by atoms with Crippen LogP contribution in [-0.2, 0) is 16.0 Å². The van der Waals surface area contributed by atoms with Crippen LogP contribution in [0.1, 0.15) is 26.0 Å². The summed E-state index contributed by atoms with van der Waals surface area (Å²) in [7, 11) is 0. The average molecular weight is 289 g/mol. The van der Waals surface area contributed by atoms with Gasteiger partial charge in [-0.25, -0.2) is 0 Å². The van der Waals surface area contributed by atoms with Gasteiger partial charge >= 0.3 is 0 Å². The molecular formula is C16H23N3O2. The molecule has 21 heavy (non-hydrogen) atoms. The molecule has 5 nitrogen and oxygen atoms in total. The van der Waals surface area contributed by atoms with Crippen molar-refractivity contribution >= 4 is 11.8 Å². The van der Waals surface area contributed by atoms with Crippen LogP contribution in [0.3, 0.4) is 0 Å². The van der Waals surface area contributed by atoms with Gasteiger partial charge < -0.3 is 10.2 Å². The molecule has 2 rings (SSSR count). The molecule has 5 heteroatoms. The van der Waals surface area contributed by atoms with E-state index in [2.05, 4.69) is 24.1 Å². The molecule has 1 atom stereocenters. The smallest absolute Gasteiger partial charge is 0.225 e. The topological polar surface area (TPSA) is 62.3 Å². The number of carbonyl (C=O) groups excluding carboxylic acids is 2. The van der Waals surface area contributed by atoms with Crippen LogP contribution in [0.4, 0.5) is 0 Å². The zero-order chi connectivity index (χ0) is 15.2. The summed E-state index contributed by atoms with van der Waals surface area (Å²) in [5.41, 5.74) is 0.960. The molecule has 1 fully saturated rings. The molecule has 2 amide bonds. The molecule has 0 bridgehead atoms. The van der Waals surface area contributed by atoms with E-state index in [-0.39, 0.29) is 17.7 Å². The summed E-state index contributed by atoms with van der Waals surface area (Å²) in [5, 5.41) is 2.91. The predicted molar refractivity (Wildman–Crippen MR) is 80.5 cm³/mol. The first-order valence-corrected chi connectivity index (χ1v) is 7.51. The van der Waals surface area contributed by atoms with Crippen LogP contribution >= 0.6 is 0 Å². The number of rotatable bonds is 6. The minimum atomic E-state index is -0.208. The van der Waals surface area contributed by atoms with Crippen molar-refractivity contribution in [3.05, 3.63) is 30.1 Å². The van der Waals surface area contributed by atoms with Crippen molar-refractivity contribution in [3.8, 4) is 0 Å². The normalized spacial score (nSPS) is 18.3. The van der Waals surface area contributed by atoms with E-state index < -0.39 is 0 Å². The number of carbonyl (C=O) groups is 2. The van der Waals surface area contributed by atoms with Gasteiger partial charge in [0.1, 0.15) is 0 Å². The van der Waals surface area contributed by atoms with Gasteiger partial charge in [-0.3, -0.25) is 14.6 Å². The highest BCUT2D eigenvalue weighted by molar-refractivity contribution is 5.89. The highest BCUT2D eigenvalue weighted by atomic mass is 16.2. The number of amides is 2. The number of nitrogens with zero attached hydrogens (tertiary/aromatic N) is 2. The van der Waals surface area contributed by atoms with Crippen LogP contribution in [0.5, 0.6) is 0 Å². The van der Waals surface area contributed by atoms with Gasteiger partial charge in [-0.15, -0.1) is 0 Å². The first-order chi connectivity index (χ1) is 10.1. The molecule has 1 aromatic rings. The SMILES string of the molecule is CC(C)CN1C[C@@H](C(=O)NCCc2ccccn2)CC1=O. The lowest BCUT2D eigenvalue weighted by Gasteiger charge is -2.18. The zero-order valence-electron chi connectivity index (χ0n) is 12.7. The number of nitrogens with one attached hydrogen (secondary N) is 1. The number of pyridine rings is 1. The summed E-state index contributed by atoms with van der Waals surface area (Å²) in [6.07, 6.45) is 2.79. The molecule has 1 saturated heterocycles. The van der Waals surface area contributed by atoms with Crippen LogP contribution in [0.15, 0.2) is 24.4 Å². The van der Waals surface area contributed by atoms with E-state index in [1.54, 1.807) is 11.1 Å². The second-order valence-corrected chi connectivity index (χ2v) is 5.96. The third-order valence-corrected chi connectivity index (χ3v) is 3.58. The summed E-state index contributed by atoms with van der Waals surface area (Å²) in [4.78, 5) is 30.0. The standard InChI is InChI=1S/C16H23N3O2/c1-12(2)10-19-11-13(9-15(19)20)16(21)18-8-6-14-5-3-4-7-17-14/h3-5,7,12-13H,6,8-11H2,1-2H3,(H,18,21)/t13-/m0/s1. The lowest BCUT2D eigenvalue weighted by molar-refractivity contribution is -0.129. The van der Waals surface area contributed by atoms with Crippen molar-refractivity contribution in [2.24, 2.45) is 11.8 Å². The Morgan fingerprint density at radius 1 is 1.48 bits per heavy atom. The van der Waals surface area contributed by atoms with Crippen LogP contribution in [0, 0.1) is 11.8 Å². The molecule has 0 radical (unpaired) electrons. The summed E-state index contributed by atoms with van der Waals surface area (Å²) in [6.45, 7) is 5.99. The van der Waals surface area contributed by atoms with Gasteiger partial charge in [0.05, 0.1) is 5.92 Å². The fraction of sp³-hybridized carbons (Fsp3) is 0.562. The minimum Gasteiger partial charge on any atom is -0.355 e. The second kappa shape index (κ2) is 7.20. The van der Waals surface area contributed by atoms with Crippen LogP contribution < -0.4 is 5.32 Å². The zero-order valence-corrected chi connectivity index (χ0v) is 12.7. The quantitative estimate of drug-likeness (QED) is 0.857. The van der Waals surface area contributed by atoms with Crippen molar-refractivity contribution in [2.45, 2.75) is 26.7 Å². The van der Waals surface area contributed by atoms with E-state index in [0.29, 0.717) is 31.8 Å². The van der Waals surface area contributed by atoms with Gasteiger partial charge in [0.2, 0.25) is 11.8 Å². The fourth-order valence-corrected chi connectivity index (χ4v) is 2.57. The maximum atomic E-state index is 12.1. The second-order valence-electron chi connectivity index (χ2n) is 5.96. The third kappa shape index (κ3) is 4.55. The van der Waals surface area contributed by atoms with E-state index in [9.17, 15) is 9.59 Å². The maximum absolute atomic E-state index is 12.1. The molecule has 0 aliphatic carbocycles. The molecule has 1 aliphatic heterocycles. The summed E-state index contributed by atoms with van der Waals surface area (Å²) < 4.78 is 0. The van der Waals surface area contributed by atoms with Gasteiger partial charge in [-0.1, -0.05) is 19.9 Å². The Morgan fingerprint density at radius 3 is 2.95 bits per heavy atom. The summed E-state index contributed by atoms with van der Waals surface area (Å²) in [5.74, 6) is 0.291. The Labute approximate surface area is 125 Å². The van der Waals surface area contributed by atoms with E-state index in [1.807, 2.05) is 18.2 Å². The van der Waals surface area contributed by atoms with Crippen molar-refractivity contribution in [1.82, 2.24) is 15.2 Å².